The summed E-state index contributed by atoms with van der Waals surface area (Å²) in [4.78, 5) is 12.2. The van der Waals surface area contributed by atoms with Crippen LogP contribution < -0.4 is 0 Å². The average molecular weight is 164 g/mol. The molecule has 0 aromatic heterocycles. The highest BCUT2D eigenvalue weighted by molar-refractivity contribution is 6.62. The molecule has 0 aromatic rings. The maximum atomic E-state index is 10.6. The second-order valence-corrected chi connectivity index (χ2v) is 2.69. The highest BCUT2D eigenvalue weighted by Gasteiger charge is 2.21. The van der Waals surface area contributed by atoms with Gasteiger partial charge < -0.3 is 9.64 Å². The van der Waals surface area contributed by atoms with E-state index in [0.717, 1.165) is 0 Å². The van der Waals surface area contributed by atoms with Crippen LogP contribution in [0.25, 0.3) is 0 Å². The number of carbonyl (C=O) groups is 1. The normalized spacial score (nSPS) is 26.6. The summed E-state index contributed by atoms with van der Waals surface area (Å²) in [6.45, 7) is 3.73. The molecule has 58 valence electrons. The van der Waals surface area contributed by atoms with Gasteiger partial charge in [-0.1, -0.05) is 0 Å². The fraction of sp³-hybridized carbons (Fsp3) is 0.833. The molecular weight excluding hydrogens is 154 g/mol. The highest BCUT2D eigenvalue weighted by Crippen LogP contribution is 2.08. The van der Waals surface area contributed by atoms with Crippen molar-refractivity contribution in [3.8, 4) is 0 Å². The van der Waals surface area contributed by atoms with Gasteiger partial charge in [0.2, 0.25) is 0 Å². The molecule has 10 heavy (non-hydrogen) atoms. The summed E-state index contributed by atoms with van der Waals surface area (Å²) in [5.41, 5.74) is 0. The standard InChI is InChI=1S/C6H10ClNO2/c1-5-4-10-3-2-8(5)6(7)9/h5H,2-4H2,1H3. The maximum Gasteiger partial charge on any atom is 0.316 e. The Balaban J connectivity index is 2.47. The second kappa shape index (κ2) is 3.21. The average Bonchev–Trinajstić information content (AvgIpc) is 1.88. The molecule has 1 aliphatic heterocycles. The third-order valence-electron chi connectivity index (χ3n) is 1.59. The topological polar surface area (TPSA) is 29.5 Å². The first-order chi connectivity index (χ1) is 4.72. The summed E-state index contributed by atoms with van der Waals surface area (Å²) in [5.74, 6) is 0. The van der Waals surface area contributed by atoms with Crippen LogP contribution >= 0.6 is 11.6 Å². The lowest BCUT2D eigenvalue weighted by Gasteiger charge is -2.31. The number of ether oxygens (including phenoxy) is 1. The SMILES string of the molecule is CC1COCCN1C(=O)Cl. The summed E-state index contributed by atoms with van der Waals surface area (Å²) in [6, 6.07) is 0.124. The summed E-state index contributed by atoms with van der Waals surface area (Å²) in [7, 11) is 0. The van der Waals surface area contributed by atoms with E-state index in [1.54, 1.807) is 4.90 Å². The number of carbonyl (C=O) groups excluding carboxylic acids is 1. The number of hydrogen-bond acceptors (Lipinski definition) is 2. The Bertz CT molecular complexity index is 140. The molecule has 1 amide bonds. The van der Waals surface area contributed by atoms with Crippen molar-refractivity contribution in [3.63, 3.8) is 0 Å². The van der Waals surface area contributed by atoms with Gasteiger partial charge in [0.05, 0.1) is 19.3 Å². The van der Waals surface area contributed by atoms with Gasteiger partial charge in [0, 0.05) is 6.54 Å². The van der Waals surface area contributed by atoms with Gasteiger partial charge in [-0.15, -0.1) is 0 Å². The number of halogens is 1. The molecule has 0 aliphatic carbocycles. The van der Waals surface area contributed by atoms with Crippen molar-refractivity contribution < 1.29 is 9.53 Å². The van der Waals surface area contributed by atoms with E-state index in [9.17, 15) is 4.79 Å². The van der Waals surface area contributed by atoms with Crippen molar-refractivity contribution >= 4 is 17.0 Å². The lowest BCUT2D eigenvalue weighted by atomic mass is 10.3. The van der Waals surface area contributed by atoms with Gasteiger partial charge in [0.15, 0.2) is 0 Å². The van der Waals surface area contributed by atoms with E-state index in [2.05, 4.69) is 0 Å². The molecule has 0 saturated carbocycles. The number of hydrogen-bond donors (Lipinski definition) is 0. The highest BCUT2D eigenvalue weighted by atomic mass is 35.5. The van der Waals surface area contributed by atoms with E-state index in [0.29, 0.717) is 19.8 Å². The number of amides is 1. The molecule has 1 aliphatic rings. The van der Waals surface area contributed by atoms with Crippen molar-refractivity contribution in [3.05, 3.63) is 0 Å². The fourth-order valence-corrected chi connectivity index (χ4v) is 1.24. The minimum Gasteiger partial charge on any atom is -0.377 e. The third kappa shape index (κ3) is 1.61. The van der Waals surface area contributed by atoms with Crippen LogP contribution in [-0.2, 0) is 4.74 Å². The predicted octanol–water partition coefficient (Wildman–Crippen LogP) is 1.07. The first-order valence-corrected chi connectivity index (χ1v) is 3.63. The Hall–Kier alpha value is -0.280. The minimum atomic E-state index is -0.379. The Kier molecular flexibility index (Phi) is 2.51. The molecule has 1 rings (SSSR count). The zero-order chi connectivity index (χ0) is 7.56. The summed E-state index contributed by atoms with van der Waals surface area (Å²) < 4.78 is 5.11. The third-order valence-corrected chi connectivity index (χ3v) is 1.81. The Morgan fingerprint density at radius 3 is 2.90 bits per heavy atom. The number of morpholine rings is 1. The summed E-state index contributed by atoms with van der Waals surface area (Å²) in [5, 5.41) is -0.379. The quantitative estimate of drug-likeness (QED) is 0.395. The van der Waals surface area contributed by atoms with Crippen LogP contribution in [0.2, 0.25) is 0 Å². The Morgan fingerprint density at radius 2 is 2.50 bits per heavy atom. The molecule has 0 bridgehead atoms. The summed E-state index contributed by atoms with van der Waals surface area (Å²) in [6.07, 6.45) is 0. The van der Waals surface area contributed by atoms with Crippen LogP contribution in [0.4, 0.5) is 4.79 Å². The zero-order valence-electron chi connectivity index (χ0n) is 5.84. The van der Waals surface area contributed by atoms with E-state index in [1.807, 2.05) is 6.92 Å². The van der Waals surface area contributed by atoms with Gasteiger partial charge in [-0.2, -0.15) is 0 Å². The minimum absolute atomic E-state index is 0.124. The van der Waals surface area contributed by atoms with Gasteiger partial charge in [0.1, 0.15) is 0 Å². The first kappa shape index (κ1) is 7.82. The molecular formula is C6H10ClNO2. The molecule has 3 nitrogen and oxygen atoms in total. The van der Waals surface area contributed by atoms with Crippen molar-refractivity contribution in [1.29, 1.82) is 0 Å². The van der Waals surface area contributed by atoms with E-state index in [4.69, 9.17) is 16.3 Å². The van der Waals surface area contributed by atoms with Crippen LogP contribution in [0.1, 0.15) is 6.92 Å². The molecule has 0 N–H and O–H groups in total. The fourth-order valence-electron chi connectivity index (χ4n) is 0.988. The van der Waals surface area contributed by atoms with Gasteiger partial charge in [-0.25, -0.2) is 0 Å². The molecule has 1 fully saturated rings. The molecule has 1 heterocycles. The molecule has 0 spiro atoms. The molecule has 0 aromatic carbocycles. The molecule has 1 unspecified atom stereocenters. The van der Waals surface area contributed by atoms with Crippen LogP contribution in [0.3, 0.4) is 0 Å². The van der Waals surface area contributed by atoms with Crippen molar-refractivity contribution in [2.75, 3.05) is 19.8 Å². The molecule has 1 atom stereocenters. The first-order valence-electron chi connectivity index (χ1n) is 3.25. The Morgan fingerprint density at radius 1 is 1.80 bits per heavy atom. The Labute approximate surface area is 64.9 Å². The molecule has 4 heteroatoms. The number of nitrogens with zero attached hydrogens (tertiary/aromatic N) is 1. The van der Waals surface area contributed by atoms with Gasteiger partial charge in [-0.3, -0.25) is 4.79 Å². The van der Waals surface area contributed by atoms with Crippen LogP contribution in [-0.4, -0.2) is 36.1 Å². The van der Waals surface area contributed by atoms with Crippen LogP contribution in [0, 0.1) is 0 Å². The largest absolute Gasteiger partial charge is 0.377 e. The van der Waals surface area contributed by atoms with E-state index >= 15 is 0 Å². The zero-order valence-corrected chi connectivity index (χ0v) is 6.60. The smallest absolute Gasteiger partial charge is 0.316 e. The van der Waals surface area contributed by atoms with Crippen molar-refractivity contribution in [2.24, 2.45) is 0 Å². The molecule has 1 saturated heterocycles. The van der Waals surface area contributed by atoms with Gasteiger partial charge in [-0.05, 0) is 18.5 Å². The predicted molar refractivity (Wildman–Crippen MR) is 38.2 cm³/mol. The van der Waals surface area contributed by atoms with E-state index in [-0.39, 0.29) is 11.4 Å². The van der Waals surface area contributed by atoms with E-state index in [1.165, 1.54) is 0 Å². The van der Waals surface area contributed by atoms with E-state index < -0.39 is 0 Å². The van der Waals surface area contributed by atoms with Gasteiger partial charge in [0.25, 0.3) is 0 Å². The monoisotopic (exact) mass is 163 g/mol. The molecule has 0 radical (unpaired) electrons. The lowest BCUT2D eigenvalue weighted by Crippen LogP contribution is -2.44. The van der Waals surface area contributed by atoms with Crippen molar-refractivity contribution in [1.82, 2.24) is 4.90 Å². The van der Waals surface area contributed by atoms with Crippen molar-refractivity contribution in [2.45, 2.75) is 13.0 Å². The lowest BCUT2D eigenvalue weighted by molar-refractivity contribution is 0.0246. The van der Waals surface area contributed by atoms with Crippen LogP contribution in [0.5, 0.6) is 0 Å². The summed E-state index contributed by atoms with van der Waals surface area (Å²) >= 11 is 5.28. The van der Waals surface area contributed by atoms with Gasteiger partial charge >= 0.3 is 5.37 Å². The maximum absolute atomic E-state index is 10.6. The number of rotatable bonds is 0. The van der Waals surface area contributed by atoms with Crippen LogP contribution in [0.15, 0.2) is 0 Å². The second-order valence-electron chi connectivity index (χ2n) is 2.37.